The van der Waals surface area contributed by atoms with Crippen LogP contribution in [0, 0.1) is 0 Å². The second-order valence-corrected chi connectivity index (χ2v) is 2.12. The Morgan fingerprint density at radius 1 is 1.30 bits per heavy atom. The van der Waals surface area contributed by atoms with Crippen LogP contribution in [-0.4, -0.2) is 25.2 Å². The van der Waals surface area contributed by atoms with Crippen molar-refractivity contribution in [3.63, 3.8) is 0 Å². The Hall–Kier alpha value is -0.290. The standard InChI is InChI=1S/C5H7F3O2/c1-3-4(5(6,7)8)10-2-9-3/h3-4H,2H2,1H3. The van der Waals surface area contributed by atoms with Crippen LogP contribution in [0.25, 0.3) is 0 Å². The molecule has 0 amide bonds. The molecule has 0 radical (unpaired) electrons. The predicted octanol–water partition coefficient (Wildman–Crippen LogP) is 1.31. The van der Waals surface area contributed by atoms with E-state index in [2.05, 4.69) is 9.47 Å². The van der Waals surface area contributed by atoms with Gasteiger partial charge in [-0.25, -0.2) is 0 Å². The van der Waals surface area contributed by atoms with E-state index in [0.29, 0.717) is 0 Å². The Morgan fingerprint density at radius 2 is 1.90 bits per heavy atom. The molecule has 2 unspecified atom stereocenters. The Kier molecular flexibility index (Phi) is 1.87. The maximum absolute atomic E-state index is 11.8. The summed E-state index contributed by atoms with van der Waals surface area (Å²) in [5.41, 5.74) is 0. The highest BCUT2D eigenvalue weighted by Gasteiger charge is 2.47. The topological polar surface area (TPSA) is 18.5 Å². The van der Waals surface area contributed by atoms with Crippen LogP contribution < -0.4 is 0 Å². The van der Waals surface area contributed by atoms with Gasteiger partial charge in [0.15, 0.2) is 6.10 Å². The second-order valence-electron chi connectivity index (χ2n) is 2.12. The van der Waals surface area contributed by atoms with Crippen molar-refractivity contribution < 1.29 is 22.6 Å². The predicted molar refractivity (Wildman–Crippen MR) is 26.3 cm³/mol. The number of ether oxygens (including phenoxy) is 2. The van der Waals surface area contributed by atoms with Gasteiger partial charge in [0.25, 0.3) is 0 Å². The lowest BCUT2D eigenvalue weighted by atomic mass is 10.2. The lowest BCUT2D eigenvalue weighted by Gasteiger charge is -2.15. The molecular formula is C5H7F3O2. The third-order valence-corrected chi connectivity index (χ3v) is 1.33. The zero-order chi connectivity index (χ0) is 7.78. The molecule has 0 aromatic heterocycles. The van der Waals surface area contributed by atoms with Crippen molar-refractivity contribution in [2.45, 2.75) is 25.3 Å². The van der Waals surface area contributed by atoms with Gasteiger partial charge in [-0.2, -0.15) is 13.2 Å². The summed E-state index contributed by atoms with van der Waals surface area (Å²) in [6.45, 7) is 1.08. The monoisotopic (exact) mass is 156 g/mol. The molecule has 1 heterocycles. The summed E-state index contributed by atoms with van der Waals surface area (Å²) in [7, 11) is 0. The van der Waals surface area contributed by atoms with Crippen LogP contribution in [-0.2, 0) is 9.47 Å². The van der Waals surface area contributed by atoms with Gasteiger partial charge in [0.2, 0.25) is 0 Å². The van der Waals surface area contributed by atoms with Gasteiger partial charge >= 0.3 is 6.18 Å². The minimum Gasteiger partial charge on any atom is -0.349 e. The molecule has 1 saturated heterocycles. The molecule has 1 aliphatic heterocycles. The SMILES string of the molecule is CC1OCOC1C(F)(F)F. The van der Waals surface area contributed by atoms with Crippen LogP contribution in [0.15, 0.2) is 0 Å². The molecule has 0 saturated carbocycles. The van der Waals surface area contributed by atoms with Crippen LogP contribution >= 0.6 is 0 Å². The first-order valence-electron chi connectivity index (χ1n) is 2.82. The van der Waals surface area contributed by atoms with E-state index in [-0.39, 0.29) is 6.79 Å². The molecule has 1 rings (SSSR count). The van der Waals surface area contributed by atoms with Gasteiger partial charge < -0.3 is 9.47 Å². The van der Waals surface area contributed by atoms with E-state index >= 15 is 0 Å². The van der Waals surface area contributed by atoms with Crippen molar-refractivity contribution in [1.29, 1.82) is 0 Å². The van der Waals surface area contributed by atoms with E-state index in [0.717, 1.165) is 0 Å². The van der Waals surface area contributed by atoms with Gasteiger partial charge in [-0.1, -0.05) is 0 Å². The Balaban J connectivity index is 2.55. The first-order valence-corrected chi connectivity index (χ1v) is 2.82. The van der Waals surface area contributed by atoms with Crippen molar-refractivity contribution in [3.8, 4) is 0 Å². The number of hydrogen-bond donors (Lipinski definition) is 0. The van der Waals surface area contributed by atoms with Crippen molar-refractivity contribution in [1.82, 2.24) is 0 Å². The number of hydrogen-bond acceptors (Lipinski definition) is 2. The molecule has 1 aliphatic rings. The fourth-order valence-electron chi connectivity index (χ4n) is 0.803. The fraction of sp³-hybridized carbons (Fsp3) is 1.00. The number of alkyl halides is 3. The van der Waals surface area contributed by atoms with E-state index < -0.39 is 18.4 Å². The summed E-state index contributed by atoms with van der Waals surface area (Å²) in [5.74, 6) is 0. The lowest BCUT2D eigenvalue weighted by molar-refractivity contribution is -0.208. The average molecular weight is 156 g/mol. The van der Waals surface area contributed by atoms with Crippen LogP contribution in [0.3, 0.4) is 0 Å². The van der Waals surface area contributed by atoms with Crippen molar-refractivity contribution in [2.24, 2.45) is 0 Å². The fourth-order valence-corrected chi connectivity index (χ4v) is 0.803. The molecule has 10 heavy (non-hydrogen) atoms. The molecule has 0 N–H and O–H groups in total. The molecule has 60 valence electrons. The van der Waals surface area contributed by atoms with E-state index in [1.54, 1.807) is 0 Å². The molecule has 0 bridgehead atoms. The Bertz CT molecular complexity index is 123. The Labute approximate surface area is 55.9 Å². The van der Waals surface area contributed by atoms with Gasteiger partial charge in [-0.05, 0) is 6.92 Å². The van der Waals surface area contributed by atoms with Crippen molar-refractivity contribution >= 4 is 0 Å². The van der Waals surface area contributed by atoms with E-state index in [1.807, 2.05) is 0 Å². The largest absolute Gasteiger partial charge is 0.417 e. The zero-order valence-electron chi connectivity index (χ0n) is 5.31. The lowest BCUT2D eigenvalue weighted by Crippen LogP contribution is -2.35. The zero-order valence-corrected chi connectivity index (χ0v) is 5.31. The summed E-state index contributed by atoms with van der Waals surface area (Å²) in [6, 6.07) is 0. The molecule has 2 atom stereocenters. The van der Waals surface area contributed by atoms with Crippen LogP contribution in [0.4, 0.5) is 13.2 Å². The summed E-state index contributed by atoms with van der Waals surface area (Å²) in [4.78, 5) is 0. The molecule has 0 aliphatic carbocycles. The molecule has 0 aromatic carbocycles. The van der Waals surface area contributed by atoms with Crippen molar-refractivity contribution in [3.05, 3.63) is 0 Å². The maximum atomic E-state index is 11.8. The molecule has 1 fully saturated rings. The minimum absolute atomic E-state index is 0.259. The smallest absolute Gasteiger partial charge is 0.349 e. The summed E-state index contributed by atoms with van der Waals surface area (Å²) >= 11 is 0. The quantitative estimate of drug-likeness (QED) is 0.526. The normalized spacial score (nSPS) is 34.8. The summed E-state index contributed by atoms with van der Waals surface area (Å²) in [6.07, 6.45) is -6.91. The molecule has 5 heteroatoms. The highest BCUT2D eigenvalue weighted by Crippen LogP contribution is 2.29. The van der Waals surface area contributed by atoms with E-state index in [4.69, 9.17) is 0 Å². The van der Waals surface area contributed by atoms with Crippen LogP contribution in [0.2, 0.25) is 0 Å². The third-order valence-electron chi connectivity index (χ3n) is 1.33. The highest BCUT2D eigenvalue weighted by molar-refractivity contribution is 4.76. The number of halogens is 3. The van der Waals surface area contributed by atoms with Crippen LogP contribution in [0.1, 0.15) is 6.92 Å². The van der Waals surface area contributed by atoms with E-state index in [1.165, 1.54) is 6.92 Å². The molecule has 0 spiro atoms. The van der Waals surface area contributed by atoms with Gasteiger partial charge in [0.05, 0.1) is 6.10 Å². The van der Waals surface area contributed by atoms with Crippen LogP contribution in [0.5, 0.6) is 0 Å². The third kappa shape index (κ3) is 1.41. The number of rotatable bonds is 0. The summed E-state index contributed by atoms with van der Waals surface area (Å²) in [5, 5.41) is 0. The average Bonchev–Trinajstić information content (AvgIpc) is 2.11. The van der Waals surface area contributed by atoms with Gasteiger partial charge in [0.1, 0.15) is 6.79 Å². The van der Waals surface area contributed by atoms with Gasteiger partial charge in [0, 0.05) is 0 Å². The van der Waals surface area contributed by atoms with Crippen molar-refractivity contribution in [2.75, 3.05) is 6.79 Å². The van der Waals surface area contributed by atoms with Gasteiger partial charge in [-0.15, -0.1) is 0 Å². The molecular weight excluding hydrogens is 149 g/mol. The first kappa shape index (κ1) is 7.81. The highest BCUT2D eigenvalue weighted by atomic mass is 19.4. The van der Waals surface area contributed by atoms with E-state index in [9.17, 15) is 13.2 Å². The minimum atomic E-state index is -4.30. The molecule has 0 aromatic rings. The van der Waals surface area contributed by atoms with Gasteiger partial charge in [-0.3, -0.25) is 0 Å². The second kappa shape index (κ2) is 2.39. The first-order chi connectivity index (χ1) is 4.52. The maximum Gasteiger partial charge on any atom is 0.417 e. The molecule has 2 nitrogen and oxygen atoms in total. The summed E-state index contributed by atoms with van der Waals surface area (Å²) < 4.78 is 44.3. The Morgan fingerprint density at radius 3 is 2.10 bits per heavy atom.